The Labute approximate surface area is 190 Å². The fraction of sp³-hybridized carbons (Fsp3) is 0.400. The Morgan fingerprint density at radius 1 is 0.875 bits per heavy atom. The highest BCUT2D eigenvalue weighted by molar-refractivity contribution is 5.89. The average molecular weight is 440 g/mol. The van der Waals surface area contributed by atoms with E-state index in [4.69, 9.17) is 4.74 Å². The first-order valence-electron chi connectivity index (χ1n) is 10.6. The van der Waals surface area contributed by atoms with Crippen molar-refractivity contribution in [1.82, 2.24) is 15.1 Å². The molecule has 0 aliphatic rings. The van der Waals surface area contributed by atoms with Crippen LogP contribution in [0.1, 0.15) is 31.9 Å². The molecule has 0 aromatic heterocycles. The van der Waals surface area contributed by atoms with Crippen LogP contribution >= 0.6 is 0 Å². The number of benzene rings is 2. The highest BCUT2D eigenvalue weighted by atomic mass is 16.6. The highest BCUT2D eigenvalue weighted by Crippen LogP contribution is 2.11. The van der Waals surface area contributed by atoms with Gasteiger partial charge in [0.05, 0.1) is 0 Å². The van der Waals surface area contributed by atoms with Crippen LogP contribution in [0, 0.1) is 0 Å². The second-order valence-corrected chi connectivity index (χ2v) is 8.83. The van der Waals surface area contributed by atoms with Crippen LogP contribution in [0.2, 0.25) is 0 Å². The maximum absolute atomic E-state index is 13.2. The number of hydrogen-bond acceptors (Lipinski definition) is 4. The fourth-order valence-corrected chi connectivity index (χ4v) is 3.11. The van der Waals surface area contributed by atoms with Crippen molar-refractivity contribution in [2.75, 3.05) is 20.6 Å². The van der Waals surface area contributed by atoms with Crippen molar-refractivity contribution in [3.8, 4) is 0 Å². The van der Waals surface area contributed by atoms with Crippen LogP contribution in [0.4, 0.5) is 4.79 Å². The molecule has 0 saturated carbocycles. The lowest BCUT2D eigenvalue weighted by Crippen LogP contribution is -2.51. The van der Waals surface area contributed by atoms with Gasteiger partial charge in [-0.15, -0.1) is 0 Å². The molecule has 0 radical (unpaired) electrons. The third-order valence-corrected chi connectivity index (χ3v) is 4.64. The van der Waals surface area contributed by atoms with Gasteiger partial charge in [-0.25, -0.2) is 4.79 Å². The molecule has 172 valence electrons. The number of ether oxygens (including phenoxy) is 1. The van der Waals surface area contributed by atoms with Crippen molar-refractivity contribution in [2.45, 2.75) is 45.4 Å². The molecule has 32 heavy (non-hydrogen) atoms. The van der Waals surface area contributed by atoms with Gasteiger partial charge in [0.1, 0.15) is 18.2 Å². The summed E-state index contributed by atoms with van der Waals surface area (Å²) in [6, 6.07) is 18.4. The number of rotatable bonds is 8. The number of carbonyl (C=O) groups is 3. The molecule has 2 aromatic carbocycles. The second kappa shape index (κ2) is 11.3. The van der Waals surface area contributed by atoms with Gasteiger partial charge in [0.15, 0.2) is 0 Å². The summed E-state index contributed by atoms with van der Waals surface area (Å²) in [6.45, 7) is 5.50. The Bertz CT molecular complexity index is 894. The maximum atomic E-state index is 13.2. The van der Waals surface area contributed by atoms with Crippen molar-refractivity contribution < 1.29 is 19.1 Å². The molecule has 3 amide bonds. The number of likely N-dealkylation sites (N-methyl/N-ethyl adjacent to an activating group) is 2. The summed E-state index contributed by atoms with van der Waals surface area (Å²) in [5, 5.41) is 2.80. The first-order chi connectivity index (χ1) is 15.0. The molecule has 0 saturated heterocycles. The SMILES string of the molecule is CN(CC(=O)N[C@@H](Cc1ccccc1)C(=O)N(C)Cc1ccccc1)C(=O)OC(C)(C)C. The molecule has 0 spiro atoms. The minimum Gasteiger partial charge on any atom is -0.444 e. The van der Waals surface area contributed by atoms with Gasteiger partial charge in [-0.05, 0) is 31.9 Å². The topological polar surface area (TPSA) is 79.0 Å². The third kappa shape index (κ3) is 8.41. The van der Waals surface area contributed by atoms with E-state index in [1.54, 1.807) is 32.7 Å². The number of carbonyl (C=O) groups excluding carboxylic acids is 3. The molecular formula is C25H33N3O4. The van der Waals surface area contributed by atoms with Crippen molar-refractivity contribution in [3.63, 3.8) is 0 Å². The number of hydrogen-bond donors (Lipinski definition) is 1. The normalized spacial score (nSPS) is 11.9. The number of amides is 3. The van der Waals surface area contributed by atoms with Crippen LogP contribution in [-0.4, -0.2) is 60.0 Å². The van der Waals surface area contributed by atoms with Crippen LogP contribution in [0.15, 0.2) is 60.7 Å². The summed E-state index contributed by atoms with van der Waals surface area (Å²) in [5.74, 6) is -0.633. The molecule has 0 unspecified atom stereocenters. The van der Waals surface area contributed by atoms with Gasteiger partial charge in [0.2, 0.25) is 11.8 Å². The smallest absolute Gasteiger partial charge is 0.410 e. The minimum atomic E-state index is -0.759. The van der Waals surface area contributed by atoms with Crippen molar-refractivity contribution in [1.29, 1.82) is 0 Å². The lowest BCUT2D eigenvalue weighted by Gasteiger charge is -2.27. The van der Waals surface area contributed by atoms with Gasteiger partial charge in [0, 0.05) is 27.1 Å². The van der Waals surface area contributed by atoms with Gasteiger partial charge in [0.25, 0.3) is 0 Å². The fourth-order valence-electron chi connectivity index (χ4n) is 3.11. The Morgan fingerprint density at radius 2 is 1.41 bits per heavy atom. The van der Waals surface area contributed by atoms with Gasteiger partial charge in [-0.2, -0.15) is 0 Å². The van der Waals surface area contributed by atoms with Crippen molar-refractivity contribution in [2.24, 2.45) is 0 Å². The molecule has 0 aliphatic heterocycles. The Balaban J connectivity index is 2.08. The second-order valence-electron chi connectivity index (χ2n) is 8.83. The summed E-state index contributed by atoms with van der Waals surface area (Å²) < 4.78 is 5.28. The lowest BCUT2D eigenvalue weighted by molar-refractivity contribution is -0.136. The summed E-state index contributed by atoms with van der Waals surface area (Å²) in [7, 11) is 3.20. The summed E-state index contributed by atoms with van der Waals surface area (Å²) >= 11 is 0. The zero-order valence-corrected chi connectivity index (χ0v) is 19.5. The van der Waals surface area contributed by atoms with E-state index in [9.17, 15) is 14.4 Å². The summed E-state index contributed by atoms with van der Waals surface area (Å²) in [5.41, 5.74) is 1.27. The predicted molar refractivity (Wildman–Crippen MR) is 124 cm³/mol. The first-order valence-corrected chi connectivity index (χ1v) is 10.6. The van der Waals surface area contributed by atoms with E-state index < -0.39 is 23.6 Å². The Morgan fingerprint density at radius 3 is 1.94 bits per heavy atom. The van der Waals surface area contributed by atoms with E-state index >= 15 is 0 Å². The maximum Gasteiger partial charge on any atom is 0.410 e. The minimum absolute atomic E-state index is 0.203. The van der Waals surface area contributed by atoms with E-state index in [1.807, 2.05) is 60.7 Å². The van der Waals surface area contributed by atoms with Gasteiger partial charge < -0.3 is 19.9 Å². The monoisotopic (exact) mass is 439 g/mol. The van der Waals surface area contributed by atoms with Crippen LogP contribution in [-0.2, 0) is 27.3 Å². The van der Waals surface area contributed by atoms with E-state index in [-0.39, 0.29) is 12.5 Å². The molecule has 1 atom stereocenters. The van der Waals surface area contributed by atoms with Crippen molar-refractivity contribution >= 4 is 17.9 Å². The van der Waals surface area contributed by atoms with Gasteiger partial charge in [-0.1, -0.05) is 60.7 Å². The van der Waals surface area contributed by atoms with Crippen LogP contribution in [0.25, 0.3) is 0 Å². The molecule has 7 heteroatoms. The molecule has 0 bridgehead atoms. The molecule has 2 aromatic rings. The van der Waals surface area contributed by atoms with Crippen LogP contribution in [0.5, 0.6) is 0 Å². The largest absolute Gasteiger partial charge is 0.444 e. The van der Waals surface area contributed by atoms with E-state index in [0.29, 0.717) is 13.0 Å². The molecule has 7 nitrogen and oxygen atoms in total. The molecular weight excluding hydrogens is 406 g/mol. The number of nitrogens with zero attached hydrogens (tertiary/aromatic N) is 2. The van der Waals surface area contributed by atoms with Crippen molar-refractivity contribution in [3.05, 3.63) is 71.8 Å². The molecule has 0 fully saturated rings. The van der Waals surface area contributed by atoms with Crippen LogP contribution in [0.3, 0.4) is 0 Å². The standard InChI is InChI=1S/C25H33N3O4/c1-25(2,3)32-24(31)28(5)18-22(29)26-21(16-19-12-8-6-9-13-19)23(30)27(4)17-20-14-10-7-11-15-20/h6-15,21H,16-18H2,1-5H3,(H,26,29)/t21-/m0/s1. The molecule has 1 N–H and O–H groups in total. The zero-order valence-electron chi connectivity index (χ0n) is 19.5. The molecule has 2 rings (SSSR count). The number of nitrogens with one attached hydrogen (secondary N) is 1. The van der Waals surface area contributed by atoms with E-state index in [2.05, 4.69) is 5.32 Å². The Kier molecular flexibility index (Phi) is 8.81. The van der Waals surface area contributed by atoms with E-state index in [1.165, 1.54) is 11.9 Å². The van der Waals surface area contributed by atoms with E-state index in [0.717, 1.165) is 11.1 Å². The highest BCUT2D eigenvalue weighted by Gasteiger charge is 2.26. The first kappa shape index (κ1) is 24.9. The predicted octanol–water partition coefficient (Wildman–Crippen LogP) is 3.24. The summed E-state index contributed by atoms with van der Waals surface area (Å²) in [4.78, 5) is 40.8. The zero-order chi connectivity index (χ0) is 23.7. The molecule has 0 aliphatic carbocycles. The average Bonchev–Trinajstić information content (AvgIpc) is 2.73. The molecule has 0 heterocycles. The summed E-state index contributed by atoms with van der Waals surface area (Å²) in [6.07, 6.45) is -0.250. The third-order valence-electron chi connectivity index (χ3n) is 4.64. The van der Waals surface area contributed by atoms with Gasteiger partial charge in [-0.3, -0.25) is 9.59 Å². The van der Waals surface area contributed by atoms with Gasteiger partial charge >= 0.3 is 6.09 Å². The lowest BCUT2D eigenvalue weighted by atomic mass is 10.0. The van der Waals surface area contributed by atoms with Crippen LogP contribution < -0.4 is 5.32 Å². The quantitative estimate of drug-likeness (QED) is 0.685. The Hall–Kier alpha value is -3.35.